The Morgan fingerprint density at radius 3 is 2.48 bits per heavy atom. The Bertz CT molecular complexity index is 1330. The van der Waals surface area contributed by atoms with Gasteiger partial charge in [-0.25, -0.2) is 0 Å². The lowest BCUT2D eigenvalue weighted by molar-refractivity contribution is -0.200. The molecular weight excluding hydrogens is 606 g/mol. The molecule has 10 nitrogen and oxygen atoms in total. The molecule has 0 bridgehead atoms. The monoisotopic (exact) mass is 655 g/mol. The predicted molar refractivity (Wildman–Crippen MR) is 180 cm³/mol. The summed E-state index contributed by atoms with van der Waals surface area (Å²) in [4.78, 5) is 26.9. The van der Waals surface area contributed by atoms with E-state index in [9.17, 15) is 24.9 Å². The quantitative estimate of drug-likeness (QED) is 0.136. The Kier molecular flexibility index (Phi) is 14.4. The summed E-state index contributed by atoms with van der Waals surface area (Å²) in [6, 6.07) is 13.7. The first-order valence-electron chi connectivity index (χ1n) is 15.6. The van der Waals surface area contributed by atoms with Crippen molar-refractivity contribution in [2.24, 2.45) is 0 Å². The van der Waals surface area contributed by atoms with E-state index < -0.39 is 35.4 Å². The van der Waals surface area contributed by atoms with E-state index in [1.165, 1.54) is 11.8 Å². The number of rotatable bonds is 16. The van der Waals surface area contributed by atoms with Gasteiger partial charge in [0.05, 0.1) is 13.2 Å². The van der Waals surface area contributed by atoms with Crippen LogP contribution in [0.3, 0.4) is 0 Å². The molecule has 11 heteroatoms. The first-order valence-corrected chi connectivity index (χ1v) is 16.9. The molecule has 5 atom stereocenters. The Labute approximate surface area is 277 Å². The molecule has 1 aliphatic rings. The van der Waals surface area contributed by atoms with Crippen molar-refractivity contribution in [3.05, 3.63) is 64.7 Å². The second-order valence-electron chi connectivity index (χ2n) is 12.3. The number of hydrogen-bond donors (Lipinski definition) is 5. The third kappa shape index (κ3) is 10.7. The lowest BCUT2D eigenvalue weighted by atomic mass is 9.91. The van der Waals surface area contributed by atoms with Crippen LogP contribution in [0.1, 0.15) is 61.5 Å². The number of thioether (sulfide) groups is 1. The van der Waals surface area contributed by atoms with E-state index in [0.29, 0.717) is 51.9 Å². The number of nitrogens with zero attached hydrogens (tertiary/aromatic N) is 1. The third-order valence-corrected chi connectivity index (χ3v) is 8.90. The van der Waals surface area contributed by atoms with Crippen molar-refractivity contribution in [2.75, 3.05) is 39.5 Å². The number of nitrogens with one attached hydrogen (secondary N) is 2. The lowest BCUT2D eigenvalue weighted by Crippen LogP contribution is -2.55. The number of aliphatic hydroxyl groups excluding tert-OH is 3. The van der Waals surface area contributed by atoms with Gasteiger partial charge in [-0.15, -0.1) is 18.2 Å². The fourth-order valence-electron chi connectivity index (χ4n) is 5.16. The van der Waals surface area contributed by atoms with E-state index in [1.54, 1.807) is 20.1 Å². The average molecular weight is 656 g/mol. The Balaban J connectivity index is 1.42. The highest BCUT2D eigenvalue weighted by atomic mass is 32.2. The van der Waals surface area contributed by atoms with Crippen LogP contribution in [0.4, 0.5) is 0 Å². The van der Waals surface area contributed by atoms with Crippen molar-refractivity contribution in [3.8, 4) is 18.1 Å². The van der Waals surface area contributed by atoms with Gasteiger partial charge in [0.1, 0.15) is 41.1 Å². The van der Waals surface area contributed by atoms with Crippen LogP contribution >= 0.6 is 11.8 Å². The van der Waals surface area contributed by atoms with E-state index >= 15 is 0 Å². The maximum atomic E-state index is 12.5. The molecule has 0 radical (unpaired) electrons. The number of terminal acetylenes is 1. The molecule has 0 aromatic heterocycles. The van der Waals surface area contributed by atoms with E-state index in [2.05, 4.69) is 16.6 Å². The summed E-state index contributed by atoms with van der Waals surface area (Å²) in [5.41, 5.74) is 2.33. The molecule has 5 N–H and O–H groups in total. The molecule has 0 spiro atoms. The summed E-state index contributed by atoms with van der Waals surface area (Å²) < 4.78 is 11.8. The number of carbonyl (C=O) groups excluding carboxylic acids is 2. The van der Waals surface area contributed by atoms with Gasteiger partial charge in [0.15, 0.2) is 0 Å². The Hall–Kier alpha value is -3.11. The van der Waals surface area contributed by atoms with Crippen molar-refractivity contribution in [1.29, 1.82) is 0 Å². The number of amides is 2. The van der Waals surface area contributed by atoms with Crippen LogP contribution in [0.5, 0.6) is 5.75 Å². The molecular formula is C35H49N3O7S. The molecule has 0 aliphatic carbocycles. The van der Waals surface area contributed by atoms with Crippen LogP contribution in [-0.4, -0.2) is 101 Å². The van der Waals surface area contributed by atoms with Crippen molar-refractivity contribution >= 4 is 23.6 Å². The van der Waals surface area contributed by atoms with E-state index in [1.807, 2.05) is 61.3 Å². The summed E-state index contributed by atoms with van der Waals surface area (Å²) in [7, 11) is 1.88. The van der Waals surface area contributed by atoms with Crippen LogP contribution in [0.25, 0.3) is 0 Å². The van der Waals surface area contributed by atoms with E-state index in [0.717, 1.165) is 28.0 Å². The van der Waals surface area contributed by atoms with E-state index in [-0.39, 0.29) is 11.8 Å². The molecule has 1 heterocycles. The van der Waals surface area contributed by atoms with Gasteiger partial charge in [0, 0.05) is 19.5 Å². The van der Waals surface area contributed by atoms with Gasteiger partial charge >= 0.3 is 0 Å². The van der Waals surface area contributed by atoms with Crippen molar-refractivity contribution in [1.82, 2.24) is 15.5 Å². The number of benzene rings is 2. The fraction of sp³-hybridized carbons (Fsp3) is 0.543. The summed E-state index contributed by atoms with van der Waals surface area (Å²) >= 11 is 1.29. The van der Waals surface area contributed by atoms with E-state index in [4.69, 9.17) is 15.9 Å². The largest absolute Gasteiger partial charge is 0.494 e. The Morgan fingerprint density at radius 2 is 1.80 bits per heavy atom. The molecule has 3 rings (SSSR count). The van der Waals surface area contributed by atoms with Gasteiger partial charge in [-0.2, -0.15) is 0 Å². The zero-order valence-electron chi connectivity index (χ0n) is 27.5. The highest BCUT2D eigenvalue weighted by molar-refractivity contribution is 7.99. The molecule has 0 saturated carbocycles. The molecule has 2 aromatic carbocycles. The van der Waals surface area contributed by atoms with Crippen molar-refractivity contribution in [2.45, 2.75) is 81.8 Å². The summed E-state index contributed by atoms with van der Waals surface area (Å²) in [5.74, 6) is 2.86. The second kappa shape index (κ2) is 17.7. The van der Waals surface area contributed by atoms with Gasteiger partial charge in [-0.3, -0.25) is 14.5 Å². The molecule has 0 unspecified atom stereocenters. The minimum Gasteiger partial charge on any atom is -0.494 e. The van der Waals surface area contributed by atoms with Crippen LogP contribution in [0, 0.1) is 19.3 Å². The summed E-state index contributed by atoms with van der Waals surface area (Å²) in [6.07, 6.45) is 4.92. The average Bonchev–Trinajstić information content (AvgIpc) is 3.01. The second-order valence-corrected chi connectivity index (χ2v) is 13.3. The van der Waals surface area contributed by atoms with Crippen LogP contribution in [-0.2, 0) is 20.7 Å². The van der Waals surface area contributed by atoms with Gasteiger partial charge in [0.2, 0.25) is 11.8 Å². The van der Waals surface area contributed by atoms with Crippen LogP contribution < -0.4 is 15.4 Å². The number of carbonyl (C=O) groups is 2. The molecule has 46 heavy (non-hydrogen) atoms. The molecule has 1 saturated heterocycles. The minimum atomic E-state index is -1.29. The van der Waals surface area contributed by atoms with Crippen LogP contribution in [0.15, 0.2) is 42.5 Å². The predicted octanol–water partition coefficient (Wildman–Crippen LogP) is 2.55. The number of aliphatic hydroxyl groups is 3. The standard InChI is InChI=1S/C35H49N3O7S/c1-7-18-38(5)19-17-36-34(43)35(3,4)37-28(39)10-8-9-20-44-27-15-12-24(13-16-27)21-26-22-25(14-11-23(26)2)32-30(41)29(40)31(42)33(45-32)46-6/h1,11-16,22,29-33,40-42H,8-10,17-21H2,2-6H3,(H,36,43)(H,37,39)/t29-,30-,31+,32+,33-/m1/s1. The zero-order chi connectivity index (χ0) is 33.9. The zero-order valence-corrected chi connectivity index (χ0v) is 28.3. The minimum absolute atomic E-state index is 0.185. The normalized spacial score (nSPS) is 21.4. The van der Waals surface area contributed by atoms with Gasteiger partial charge in [0.25, 0.3) is 0 Å². The molecule has 1 fully saturated rings. The number of hydrogen-bond acceptors (Lipinski definition) is 9. The first kappa shape index (κ1) is 37.3. The number of ether oxygens (including phenoxy) is 2. The Morgan fingerprint density at radius 1 is 1.09 bits per heavy atom. The van der Waals surface area contributed by atoms with Gasteiger partial charge < -0.3 is 35.4 Å². The molecule has 2 aromatic rings. The summed E-state index contributed by atoms with van der Waals surface area (Å²) in [5, 5.41) is 36.8. The van der Waals surface area contributed by atoms with Crippen LogP contribution in [0.2, 0.25) is 0 Å². The fourth-order valence-corrected chi connectivity index (χ4v) is 5.83. The molecule has 2 amide bonds. The first-order chi connectivity index (χ1) is 21.9. The molecule has 252 valence electrons. The maximum Gasteiger partial charge on any atom is 0.245 e. The highest BCUT2D eigenvalue weighted by Gasteiger charge is 2.44. The smallest absolute Gasteiger partial charge is 0.245 e. The summed E-state index contributed by atoms with van der Waals surface area (Å²) in [6.45, 7) is 7.43. The number of unbranched alkanes of at least 4 members (excludes halogenated alkanes) is 1. The maximum absolute atomic E-state index is 12.5. The van der Waals surface area contributed by atoms with Gasteiger partial charge in [-0.1, -0.05) is 36.3 Å². The van der Waals surface area contributed by atoms with Crippen molar-refractivity contribution < 1.29 is 34.4 Å². The van der Waals surface area contributed by atoms with Gasteiger partial charge in [-0.05, 0) is 87.7 Å². The van der Waals surface area contributed by atoms with Crippen molar-refractivity contribution in [3.63, 3.8) is 0 Å². The number of aryl methyl sites for hydroxylation is 1. The molecule has 1 aliphatic heterocycles. The SMILES string of the molecule is C#CCN(C)CCNC(=O)C(C)(C)NC(=O)CCCCOc1ccc(Cc2cc([C@@H]3O[C@H](SC)[C@@H](O)[C@H](O)[C@H]3O)ccc2C)cc1. The number of likely N-dealkylation sites (N-methyl/N-ethyl adjacent to an activating group) is 1. The lowest BCUT2D eigenvalue weighted by Gasteiger charge is -2.40. The topological polar surface area (TPSA) is 141 Å². The highest BCUT2D eigenvalue weighted by Crippen LogP contribution is 2.36. The third-order valence-electron chi connectivity index (χ3n) is 8.05.